The van der Waals surface area contributed by atoms with E-state index in [4.69, 9.17) is 4.74 Å². The van der Waals surface area contributed by atoms with Gasteiger partial charge in [-0.3, -0.25) is 14.9 Å². The summed E-state index contributed by atoms with van der Waals surface area (Å²) in [6.45, 7) is -0.396. The lowest BCUT2D eigenvalue weighted by Gasteiger charge is -2.17. The van der Waals surface area contributed by atoms with Crippen LogP contribution in [0.3, 0.4) is 0 Å². The van der Waals surface area contributed by atoms with Crippen LogP contribution in [0, 0.1) is 21.8 Å². The number of rotatable bonds is 5. The largest absolute Gasteiger partial charge is 0.457 e. The summed E-state index contributed by atoms with van der Waals surface area (Å²) in [5.41, 5.74) is 1.44. The molecule has 1 fully saturated rings. The number of hydrogen-bond donors (Lipinski definition) is 0. The van der Waals surface area contributed by atoms with Crippen molar-refractivity contribution in [1.82, 2.24) is 0 Å². The van der Waals surface area contributed by atoms with Gasteiger partial charge in [-0.05, 0) is 23.3 Å². The first kappa shape index (κ1) is 16.1. The van der Waals surface area contributed by atoms with Gasteiger partial charge in [0.2, 0.25) is 6.54 Å². The lowest BCUT2D eigenvalue weighted by Crippen LogP contribution is -2.24. The topological polar surface area (TPSA) is 69.4 Å². The van der Waals surface area contributed by atoms with Gasteiger partial charge in [0.05, 0.1) is 11.8 Å². The molecule has 0 spiro atoms. The van der Waals surface area contributed by atoms with Gasteiger partial charge in [-0.25, -0.2) is 4.39 Å². The average Bonchev–Trinajstić information content (AvgIpc) is 2.96. The highest BCUT2D eigenvalue weighted by Gasteiger charge is 2.42. The Labute approximate surface area is 138 Å². The normalized spacial score (nSPS) is 21.3. The van der Waals surface area contributed by atoms with Crippen LogP contribution >= 0.6 is 0 Å². The summed E-state index contributed by atoms with van der Waals surface area (Å²) in [5, 5.41) is 11.0. The zero-order chi connectivity index (χ0) is 17.1. The van der Waals surface area contributed by atoms with Gasteiger partial charge in [-0.1, -0.05) is 42.5 Å². The Balaban J connectivity index is 1.86. The minimum absolute atomic E-state index is 0.374. The molecule has 3 rings (SSSR count). The minimum atomic E-state index is -0.637. The van der Waals surface area contributed by atoms with Crippen molar-refractivity contribution in [3.8, 4) is 0 Å². The van der Waals surface area contributed by atoms with Gasteiger partial charge in [0.1, 0.15) is 11.9 Å². The molecule has 0 radical (unpaired) electrons. The van der Waals surface area contributed by atoms with Crippen LogP contribution in [0.2, 0.25) is 0 Å². The Hall–Kier alpha value is -2.76. The first-order valence-electron chi connectivity index (χ1n) is 7.67. The lowest BCUT2D eigenvalue weighted by atomic mass is 9.83. The molecule has 1 saturated heterocycles. The van der Waals surface area contributed by atoms with Crippen LogP contribution in [0.4, 0.5) is 4.39 Å². The van der Waals surface area contributed by atoms with Crippen molar-refractivity contribution < 1.29 is 18.8 Å². The van der Waals surface area contributed by atoms with E-state index in [1.165, 1.54) is 24.3 Å². The average molecular weight is 329 g/mol. The summed E-state index contributed by atoms with van der Waals surface area (Å²) in [6, 6.07) is 14.8. The molecule has 2 aromatic carbocycles. The smallest absolute Gasteiger partial charge is 0.310 e. The maximum absolute atomic E-state index is 13.1. The summed E-state index contributed by atoms with van der Waals surface area (Å²) in [5.74, 6) is -2.12. The van der Waals surface area contributed by atoms with Gasteiger partial charge in [-0.15, -0.1) is 0 Å². The van der Waals surface area contributed by atoms with E-state index in [2.05, 4.69) is 0 Å². The summed E-state index contributed by atoms with van der Waals surface area (Å²) in [6.07, 6.45) is -0.0305. The lowest BCUT2D eigenvalue weighted by molar-refractivity contribution is -0.484. The van der Waals surface area contributed by atoms with Crippen molar-refractivity contribution in [3.05, 3.63) is 81.7 Å². The van der Waals surface area contributed by atoms with Crippen molar-refractivity contribution in [2.45, 2.75) is 18.4 Å². The van der Waals surface area contributed by atoms with Gasteiger partial charge in [0.15, 0.2) is 0 Å². The number of ether oxygens (including phenoxy) is 1. The van der Waals surface area contributed by atoms with E-state index in [0.29, 0.717) is 12.0 Å². The highest BCUT2D eigenvalue weighted by molar-refractivity contribution is 5.76. The highest BCUT2D eigenvalue weighted by atomic mass is 19.1. The number of hydrogen-bond acceptors (Lipinski definition) is 4. The standard InChI is InChI=1S/C18H16FNO4/c19-14-8-6-12(7-9-14)16(11-20(22)23)15-10-17(24-18(15)21)13-4-2-1-3-5-13/h1-9,15-17H,10-11H2/t15-,16-,17-/m1/s1. The Bertz CT molecular complexity index is 732. The quantitative estimate of drug-likeness (QED) is 0.478. The van der Waals surface area contributed by atoms with E-state index >= 15 is 0 Å². The fourth-order valence-electron chi connectivity index (χ4n) is 3.14. The Morgan fingerprint density at radius 2 is 1.83 bits per heavy atom. The third-order valence-electron chi connectivity index (χ3n) is 4.33. The van der Waals surface area contributed by atoms with Crippen LogP contribution in [-0.4, -0.2) is 17.4 Å². The molecule has 0 saturated carbocycles. The molecule has 1 aliphatic heterocycles. The van der Waals surface area contributed by atoms with Gasteiger partial charge < -0.3 is 4.74 Å². The summed E-state index contributed by atoms with van der Waals surface area (Å²) in [7, 11) is 0. The predicted octanol–water partition coefficient (Wildman–Crippen LogP) is 3.49. The van der Waals surface area contributed by atoms with Gasteiger partial charge in [0, 0.05) is 11.3 Å². The number of cyclic esters (lactones) is 1. The maximum atomic E-state index is 13.1. The molecular weight excluding hydrogens is 313 g/mol. The molecule has 0 aromatic heterocycles. The Morgan fingerprint density at radius 3 is 2.46 bits per heavy atom. The van der Waals surface area contributed by atoms with Crippen LogP contribution < -0.4 is 0 Å². The zero-order valence-electron chi connectivity index (χ0n) is 12.8. The van der Waals surface area contributed by atoms with Crippen LogP contribution in [0.15, 0.2) is 54.6 Å². The molecule has 2 aromatic rings. The number of carbonyl (C=O) groups is 1. The van der Waals surface area contributed by atoms with Crippen molar-refractivity contribution in [2.24, 2.45) is 5.92 Å². The van der Waals surface area contributed by atoms with E-state index in [0.717, 1.165) is 5.56 Å². The first-order valence-corrected chi connectivity index (χ1v) is 7.67. The number of esters is 1. The fourth-order valence-corrected chi connectivity index (χ4v) is 3.14. The van der Waals surface area contributed by atoms with E-state index in [1.807, 2.05) is 30.3 Å². The third kappa shape index (κ3) is 3.42. The summed E-state index contributed by atoms with van der Waals surface area (Å²) >= 11 is 0. The molecule has 24 heavy (non-hydrogen) atoms. The number of nitro groups is 1. The Morgan fingerprint density at radius 1 is 1.17 bits per heavy atom. The van der Waals surface area contributed by atoms with Crippen molar-refractivity contribution >= 4 is 5.97 Å². The fraction of sp³-hybridized carbons (Fsp3) is 0.278. The van der Waals surface area contributed by atoms with Gasteiger partial charge in [-0.2, -0.15) is 0 Å². The second-order valence-corrected chi connectivity index (χ2v) is 5.85. The van der Waals surface area contributed by atoms with Crippen LogP contribution in [-0.2, 0) is 9.53 Å². The van der Waals surface area contributed by atoms with E-state index in [-0.39, 0.29) is 0 Å². The monoisotopic (exact) mass is 329 g/mol. The number of benzene rings is 2. The maximum Gasteiger partial charge on any atom is 0.310 e. The van der Waals surface area contributed by atoms with Gasteiger partial charge in [0.25, 0.3) is 0 Å². The molecule has 124 valence electrons. The van der Waals surface area contributed by atoms with Crippen molar-refractivity contribution in [1.29, 1.82) is 0 Å². The molecule has 3 atom stereocenters. The molecule has 0 amide bonds. The molecular formula is C18H16FNO4. The SMILES string of the molecule is O=C1O[C@@H](c2ccccc2)C[C@@H]1[C@H](C[N+](=O)[O-])c1ccc(F)cc1. The highest BCUT2D eigenvalue weighted by Crippen LogP contribution is 2.41. The first-order chi connectivity index (χ1) is 11.5. The van der Waals surface area contributed by atoms with E-state index in [1.54, 1.807) is 0 Å². The second-order valence-electron chi connectivity index (χ2n) is 5.85. The van der Waals surface area contributed by atoms with E-state index in [9.17, 15) is 19.3 Å². The molecule has 1 heterocycles. The summed E-state index contributed by atoms with van der Waals surface area (Å²) in [4.78, 5) is 22.9. The predicted molar refractivity (Wildman–Crippen MR) is 84.4 cm³/mol. The molecule has 0 N–H and O–H groups in total. The molecule has 6 heteroatoms. The zero-order valence-corrected chi connectivity index (χ0v) is 12.8. The number of halogens is 1. The van der Waals surface area contributed by atoms with Crippen molar-refractivity contribution in [2.75, 3.05) is 6.54 Å². The van der Waals surface area contributed by atoms with Crippen LogP contribution in [0.5, 0.6) is 0 Å². The molecule has 1 aliphatic rings. The van der Waals surface area contributed by atoms with Crippen molar-refractivity contribution in [3.63, 3.8) is 0 Å². The molecule has 0 bridgehead atoms. The molecule has 5 nitrogen and oxygen atoms in total. The van der Waals surface area contributed by atoms with Crippen LogP contribution in [0.25, 0.3) is 0 Å². The Kier molecular flexibility index (Phi) is 4.55. The minimum Gasteiger partial charge on any atom is -0.457 e. The third-order valence-corrected chi connectivity index (χ3v) is 4.33. The number of nitrogens with zero attached hydrogens (tertiary/aromatic N) is 1. The van der Waals surface area contributed by atoms with Crippen LogP contribution in [0.1, 0.15) is 29.6 Å². The van der Waals surface area contributed by atoms with E-state index < -0.39 is 41.2 Å². The number of carbonyl (C=O) groups excluding carboxylic acids is 1. The summed E-state index contributed by atoms with van der Waals surface area (Å²) < 4.78 is 18.6. The molecule has 0 unspecified atom stereocenters. The van der Waals surface area contributed by atoms with Gasteiger partial charge >= 0.3 is 5.97 Å². The second kappa shape index (κ2) is 6.78. The molecule has 0 aliphatic carbocycles.